The fraction of sp³-hybridized carbons (Fsp3) is 0.143. The fourth-order valence-electron chi connectivity index (χ4n) is 0.927. The van der Waals surface area contributed by atoms with Crippen molar-refractivity contribution in [3.63, 3.8) is 0 Å². The summed E-state index contributed by atoms with van der Waals surface area (Å²) in [5.41, 5.74) is 1.32. The summed E-state index contributed by atoms with van der Waals surface area (Å²) in [6.45, 7) is 2.08. The van der Waals surface area contributed by atoms with Gasteiger partial charge in [0.2, 0.25) is 12.2 Å². The van der Waals surface area contributed by atoms with E-state index in [1.54, 1.807) is 0 Å². The van der Waals surface area contributed by atoms with E-state index in [1.807, 2.05) is 18.2 Å². The van der Waals surface area contributed by atoms with Crippen molar-refractivity contribution in [3.05, 3.63) is 60.2 Å². The van der Waals surface area contributed by atoms with Crippen LogP contribution in [0.5, 0.6) is 0 Å². The monoisotopic (exact) mass is 244 g/mol. The smallest absolute Gasteiger partial charge is 0.222 e. The van der Waals surface area contributed by atoms with Crippen molar-refractivity contribution in [2.45, 2.75) is 13.3 Å². The topological polar surface area (TPSA) is 81.8 Å². The zero-order valence-corrected chi connectivity index (χ0v) is 10.2. The molecule has 2 N–H and O–H groups in total. The molecule has 1 aromatic carbocycles. The van der Waals surface area contributed by atoms with Gasteiger partial charge in [0.05, 0.1) is 0 Å². The number of hydrogen-bond acceptors (Lipinski definition) is 4. The lowest BCUT2D eigenvalue weighted by Crippen LogP contribution is -1.62. The van der Waals surface area contributed by atoms with E-state index >= 15 is 0 Å². The molecule has 1 aliphatic rings. The third-order valence-corrected chi connectivity index (χ3v) is 1.60. The molecule has 0 heterocycles. The Morgan fingerprint density at radius 1 is 0.944 bits per heavy atom. The van der Waals surface area contributed by atoms with Crippen molar-refractivity contribution in [3.8, 4) is 0 Å². The molecule has 18 heavy (non-hydrogen) atoms. The quantitative estimate of drug-likeness (QED) is 0.542. The minimum atomic E-state index is 0.750. The molecule has 0 saturated heterocycles. The largest absolute Gasteiger partial charge is 0.231 e. The molecule has 0 saturated carbocycles. The summed E-state index contributed by atoms with van der Waals surface area (Å²) in [6.07, 6.45) is 11.0. The number of benzene rings is 1. The number of carbonyl (C=O) groups excluding carboxylic acids is 2. The second kappa shape index (κ2) is 16.9. The van der Waals surface area contributed by atoms with Crippen LogP contribution in [0.2, 0.25) is 0 Å². The van der Waals surface area contributed by atoms with E-state index in [0.717, 1.165) is 18.6 Å². The average Bonchev–Trinajstić information content (AvgIpc) is 2.90. The van der Waals surface area contributed by atoms with Crippen LogP contribution in [0.3, 0.4) is 0 Å². The summed E-state index contributed by atoms with van der Waals surface area (Å²) in [5.74, 6) is 0. The van der Waals surface area contributed by atoms with Crippen molar-refractivity contribution >= 4 is 12.2 Å². The van der Waals surface area contributed by atoms with Gasteiger partial charge in [-0.3, -0.25) is 0 Å². The molecular formula is C14H16N2O2. The normalized spacial score (nSPS) is 9.17. The Morgan fingerprint density at radius 3 is 1.50 bits per heavy atom. The molecule has 4 nitrogen and oxygen atoms in total. The minimum absolute atomic E-state index is 0.750. The van der Waals surface area contributed by atoms with Gasteiger partial charge in [0, 0.05) is 0 Å². The van der Waals surface area contributed by atoms with Gasteiger partial charge in [-0.25, -0.2) is 20.4 Å². The molecule has 0 spiro atoms. The van der Waals surface area contributed by atoms with E-state index in [4.69, 9.17) is 20.4 Å². The lowest BCUT2D eigenvalue weighted by molar-refractivity contribution is 0.562. The average molecular weight is 244 g/mol. The molecule has 0 unspecified atom stereocenters. The maximum Gasteiger partial charge on any atom is 0.231 e. The van der Waals surface area contributed by atoms with Gasteiger partial charge in [-0.2, -0.15) is 0 Å². The predicted octanol–water partition coefficient (Wildman–Crippen LogP) is 3.30. The highest BCUT2D eigenvalue weighted by Crippen LogP contribution is 1.93. The second-order valence-electron chi connectivity index (χ2n) is 2.95. The summed E-state index contributed by atoms with van der Waals surface area (Å²) in [6, 6.07) is 10.3. The van der Waals surface area contributed by atoms with Gasteiger partial charge in [0.15, 0.2) is 0 Å². The first-order chi connectivity index (χ1) is 8.72. The Bertz CT molecular complexity index is 389. The van der Waals surface area contributed by atoms with Crippen LogP contribution in [-0.4, -0.2) is 12.2 Å². The van der Waals surface area contributed by atoms with Gasteiger partial charge in [0.1, 0.15) is 0 Å². The number of aryl methyl sites for hydroxylation is 1. The van der Waals surface area contributed by atoms with Crippen LogP contribution in [0.4, 0.5) is 0 Å². The number of rotatable bonds is 0. The zero-order valence-electron chi connectivity index (χ0n) is 10.2. The number of hydrogen-bond donors (Lipinski definition) is 2. The Morgan fingerprint density at radius 2 is 1.33 bits per heavy atom. The van der Waals surface area contributed by atoms with E-state index in [9.17, 15) is 0 Å². The summed E-state index contributed by atoms with van der Waals surface area (Å²) in [4.78, 5) is 16.7. The highest BCUT2D eigenvalue weighted by molar-refractivity contribution is 5.26. The van der Waals surface area contributed by atoms with Gasteiger partial charge in [-0.05, 0) is 13.3 Å². The zero-order chi connectivity index (χ0) is 14.1. The second-order valence-corrected chi connectivity index (χ2v) is 2.95. The molecule has 0 atom stereocenters. The Labute approximate surface area is 107 Å². The van der Waals surface area contributed by atoms with Crippen molar-refractivity contribution in [1.82, 2.24) is 0 Å². The number of nitrogens with one attached hydrogen (secondary N) is 2. The number of allylic oxidation sites excluding steroid dienone is 4. The summed E-state index contributed by atoms with van der Waals surface area (Å²) < 4.78 is 0. The number of isocyanates is 2. The van der Waals surface area contributed by atoms with Crippen molar-refractivity contribution in [2.24, 2.45) is 0 Å². The van der Waals surface area contributed by atoms with Crippen LogP contribution in [0, 0.1) is 17.7 Å². The first-order valence-electron chi connectivity index (χ1n) is 5.14. The van der Waals surface area contributed by atoms with E-state index < -0.39 is 0 Å². The van der Waals surface area contributed by atoms with E-state index in [0.29, 0.717) is 0 Å². The molecule has 0 aliphatic heterocycles. The molecule has 0 bridgehead atoms. The molecule has 0 fully saturated rings. The lowest BCUT2D eigenvalue weighted by Gasteiger charge is -1.82. The highest BCUT2D eigenvalue weighted by atomic mass is 16.1. The van der Waals surface area contributed by atoms with Gasteiger partial charge in [-0.15, -0.1) is 0 Å². The highest BCUT2D eigenvalue weighted by Gasteiger charge is 1.72. The van der Waals surface area contributed by atoms with E-state index in [2.05, 4.69) is 43.4 Å². The van der Waals surface area contributed by atoms with Crippen LogP contribution in [-0.2, 0) is 9.59 Å². The summed E-state index contributed by atoms with van der Waals surface area (Å²) in [7, 11) is 0. The Balaban J connectivity index is 0. The molecular weight excluding hydrogens is 228 g/mol. The maximum atomic E-state index is 8.35. The van der Waals surface area contributed by atoms with Gasteiger partial charge in [-0.1, -0.05) is 60.2 Å². The van der Waals surface area contributed by atoms with Gasteiger partial charge in [0.25, 0.3) is 0 Å². The molecule has 94 valence electrons. The predicted molar refractivity (Wildman–Crippen MR) is 70.9 cm³/mol. The molecule has 0 amide bonds. The lowest BCUT2D eigenvalue weighted by atomic mass is 10.2. The van der Waals surface area contributed by atoms with E-state index in [1.165, 1.54) is 5.56 Å². The Kier molecular flexibility index (Phi) is 16.7. The fourth-order valence-corrected chi connectivity index (χ4v) is 0.927. The van der Waals surface area contributed by atoms with Gasteiger partial charge < -0.3 is 0 Å². The van der Waals surface area contributed by atoms with Gasteiger partial charge >= 0.3 is 0 Å². The summed E-state index contributed by atoms with van der Waals surface area (Å²) in [5, 5.41) is 10.8. The van der Waals surface area contributed by atoms with Crippen LogP contribution in [0.15, 0.2) is 54.6 Å². The molecule has 0 radical (unpaired) electrons. The van der Waals surface area contributed by atoms with E-state index in [-0.39, 0.29) is 0 Å². The molecule has 1 aromatic rings. The molecule has 2 rings (SSSR count). The standard InChI is InChI=1S/C7H8.C5H6.2CHNO/c1-7-5-3-2-4-6-7;1-2-4-5-3-1;2*2-1-3/h2-6H,1H3;1-4H,5H2;2*2H. The third kappa shape index (κ3) is 19.1. The van der Waals surface area contributed by atoms with Crippen LogP contribution in [0.1, 0.15) is 12.0 Å². The van der Waals surface area contributed by atoms with Crippen LogP contribution < -0.4 is 0 Å². The maximum absolute atomic E-state index is 8.35. The van der Waals surface area contributed by atoms with Crippen molar-refractivity contribution in [2.75, 3.05) is 0 Å². The van der Waals surface area contributed by atoms with Crippen molar-refractivity contribution in [1.29, 1.82) is 10.8 Å². The Hall–Kier alpha value is -2.54. The first kappa shape index (κ1) is 17.8. The third-order valence-electron chi connectivity index (χ3n) is 1.60. The molecule has 0 aromatic heterocycles. The summed E-state index contributed by atoms with van der Waals surface area (Å²) >= 11 is 0. The van der Waals surface area contributed by atoms with Crippen LogP contribution >= 0.6 is 0 Å². The van der Waals surface area contributed by atoms with Crippen molar-refractivity contribution < 1.29 is 9.59 Å². The first-order valence-corrected chi connectivity index (χ1v) is 5.14. The van der Waals surface area contributed by atoms with Crippen LogP contribution in [0.25, 0.3) is 0 Å². The minimum Gasteiger partial charge on any atom is -0.222 e. The molecule has 1 aliphatic carbocycles. The SMILES string of the molecule is C1=CCC=C1.Cc1ccccc1.N=C=O.N=C=O. The molecule has 4 heteroatoms.